The van der Waals surface area contributed by atoms with E-state index in [0.717, 1.165) is 18.3 Å². The van der Waals surface area contributed by atoms with E-state index in [1.807, 2.05) is 0 Å². The van der Waals surface area contributed by atoms with Crippen LogP contribution in [0.15, 0.2) is 48.7 Å². The molecule has 2 aromatic carbocycles. The molecule has 3 aromatic rings. The molecule has 1 aromatic heterocycles. The molecule has 0 bridgehead atoms. The first kappa shape index (κ1) is 29.5. The number of aromatic nitrogens is 1. The third-order valence-electron chi connectivity index (χ3n) is 7.17. The maximum absolute atomic E-state index is 15.3. The number of rotatable bonds is 6. The molecule has 1 unspecified atom stereocenters. The highest BCUT2D eigenvalue weighted by atomic mass is 35.5. The second-order valence-corrected chi connectivity index (χ2v) is 10.1. The molecule has 14 heteroatoms. The summed E-state index contributed by atoms with van der Waals surface area (Å²) >= 11 is 5.88. The first-order valence-corrected chi connectivity index (χ1v) is 13.2. The van der Waals surface area contributed by atoms with Crippen LogP contribution in [0, 0.1) is 11.6 Å². The quantitative estimate of drug-likeness (QED) is 0.404. The Morgan fingerprint density at radius 2 is 1.74 bits per heavy atom. The number of benzene rings is 2. The summed E-state index contributed by atoms with van der Waals surface area (Å²) in [6, 6.07) is 6.93. The third-order valence-corrected chi connectivity index (χ3v) is 7.42. The van der Waals surface area contributed by atoms with Gasteiger partial charge in [0.1, 0.15) is 34.8 Å². The largest absolute Gasteiger partial charge is 0.497 e. The Balaban J connectivity index is 1.60. The number of amides is 2. The molecule has 3 heterocycles. The molecule has 222 valence electrons. The molecule has 8 nitrogen and oxygen atoms in total. The fourth-order valence-corrected chi connectivity index (χ4v) is 5.31. The summed E-state index contributed by atoms with van der Waals surface area (Å²) < 4.78 is 84.5. The number of anilines is 2. The highest BCUT2D eigenvalue weighted by Crippen LogP contribution is 2.45. The molecule has 42 heavy (non-hydrogen) atoms. The number of morpholine rings is 1. The maximum Gasteiger partial charge on any atom is 0.421 e. The zero-order chi connectivity index (χ0) is 30.2. The molecule has 2 atom stereocenters. The topological polar surface area (TPSA) is 84.0 Å². The van der Waals surface area contributed by atoms with Gasteiger partial charge >= 0.3 is 6.18 Å². The van der Waals surface area contributed by atoms with Gasteiger partial charge in [-0.3, -0.25) is 14.5 Å². The van der Waals surface area contributed by atoms with Crippen LogP contribution >= 0.6 is 11.6 Å². The van der Waals surface area contributed by atoms with Crippen LogP contribution in [0.5, 0.6) is 5.75 Å². The number of carbonyl (C=O) groups is 2. The van der Waals surface area contributed by atoms with Crippen LogP contribution in [0.25, 0.3) is 0 Å². The molecule has 2 fully saturated rings. The van der Waals surface area contributed by atoms with Crippen molar-refractivity contribution >= 4 is 34.9 Å². The number of nitrogens with one attached hydrogen (secondary N) is 1. The van der Waals surface area contributed by atoms with E-state index in [4.69, 9.17) is 21.1 Å². The van der Waals surface area contributed by atoms with Crippen molar-refractivity contribution in [2.45, 2.75) is 18.1 Å². The molecule has 2 amide bonds. The van der Waals surface area contributed by atoms with Crippen LogP contribution in [0.4, 0.5) is 33.5 Å². The van der Waals surface area contributed by atoms with E-state index in [2.05, 4.69) is 10.3 Å². The van der Waals surface area contributed by atoms with Gasteiger partial charge in [0.05, 0.1) is 26.0 Å². The van der Waals surface area contributed by atoms with Crippen LogP contribution in [0.2, 0.25) is 5.02 Å². The molecule has 2 aliphatic heterocycles. The summed E-state index contributed by atoms with van der Waals surface area (Å²) in [5, 5.41) is 2.79. The van der Waals surface area contributed by atoms with Crippen molar-refractivity contribution in [2.75, 3.05) is 49.8 Å². The predicted molar refractivity (Wildman–Crippen MR) is 143 cm³/mol. The minimum absolute atomic E-state index is 0.0727. The van der Waals surface area contributed by atoms with Crippen LogP contribution in [0.1, 0.15) is 27.4 Å². The Bertz CT molecular complexity index is 1480. The van der Waals surface area contributed by atoms with Gasteiger partial charge in [-0.2, -0.15) is 13.2 Å². The number of halogens is 6. The molecule has 1 N–H and O–H groups in total. The van der Waals surface area contributed by atoms with Crippen molar-refractivity contribution in [1.29, 1.82) is 0 Å². The average Bonchev–Trinajstić information content (AvgIpc) is 3.27. The van der Waals surface area contributed by atoms with E-state index in [1.165, 1.54) is 42.3 Å². The highest BCUT2D eigenvalue weighted by Gasteiger charge is 2.49. The summed E-state index contributed by atoms with van der Waals surface area (Å²) in [5.74, 6) is -6.30. The second kappa shape index (κ2) is 11.7. The van der Waals surface area contributed by atoms with E-state index in [9.17, 15) is 22.8 Å². The number of hydrogen-bond acceptors (Lipinski definition) is 6. The van der Waals surface area contributed by atoms with Gasteiger partial charge in [-0.05, 0) is 30.3 Å². The van der Waals surface area contributed by atoms with Gasteiger partial charge < -0.3 is 19.7 Å². The smallest absolute Gasteiger partial charge is 0.421 e. The summed E-state index contributed by atoms with van der Waals surface area (Å²) in [6.45, 7) is 0.145. The average molecular weight is 611 g/mol. The molecule has 0 aliphatic carbocycles. The highest BCUT2D eigenvalue weighted by molar-refractivity contribution is 6.30. The summed E-state index contributed by atoms with van der Waals surface area (Å²) in [4.78, 5) is 33.0. The minimum Gasteiger partial charge on any atom is -0.497 e. The minimum atomic E-state index is -4.95. The van der Waals surface area contributed by atoms with E-state index in [1.54, 1.807) is 0 Å². The lowest BCUT2D eigenvalue weighted by Gasteiger charge is -2.32. The lowest BCUT2D eigenvalue weighted by molar-refractivity contribution is -0.137. The molecular weight excluding hydrogens is 587 g/mol. The second-order valence-electron chi connectivity index (χ2n) is 9.64. The van der Waals surface area contributed by atoms with Gasteiger partial charge in [0.15, 0.2) is 0 Å². The first-order valence-electron chi connectivity index (χ1n) is 12.8. The van der Waals surface area contributed by atoms with Gasteiger partial charge in [0.25, 0.3) is 11.8 Å². The van der Waals surface area contributed by atoms with Crippen molar-refractivity contribution in [1.82, 2.24) is 10.3 Å². The number of pyridine rings is 1. The zero-order valence-electron chi connectivity index (χ0n) is 22.1. The summed E-state index contributed by atoms with van der Waals surface area (Å²) in [5.41, 5.74) is -1.91. The fraction of sp³-hybridized carbons (Fsp3) is 0.321. The van der Waals surface area contributed by atoms with Crippen LogP contribution < -0.4 is 19.9 Å². The van der Waals surface area contributed by atoms with Gasteiger partial charge in [-0.25, -0.2) is 13.8 Å². The lowest BCUT2D eigenvalue weighted by atomic mass is 9.92. The Hall–Kier alpha value is -3.97. The fourth-order valence-electron chi connectivity index (χ4n) is 5.19. The van der Waals surface area contributed by atoms with Crippen LogP contribution in [-0.2, 0) is 15.7 Å². The summed E-state index contributed by atoms with van der Waals surface area (Å²) in [7, 11) is 1.20. The van der Waals surface area contributed by atoms with Gasteiger partial charge in [0.2, 0.25) is 0 Å². The van der Waals surface area contributed by atoms with E-state index >= 15 is 8.78 Å². The van der Waals surface area contributed by atoms with Crippen LogP contribution in [0.3, 0.4) is 0 Å². The molecule has 0 saturated carbocycles. The van der Waals surface area contributed by atoms with Gasteiger partial charge in [-0.15, -0.1) is 0 Å². The van der Waals surface area contributed by atoms with E-state index in [-0.39, 0.29) is 43.3 Å². The number of ether oxygens (including phenoxy) is 2. The molecule has 5 rings (SSSR count). The standard InChI is InChI=1S/C28H24ClF5N4O4/c1-41-17-12-19(30)22(20(31)13-17)18-14-38(27(40)24(18)36-26(39)15-2-4-16(29)5-3-15)25-23(28(32,33)34)21(6-7-35-25)37-8-10-42-11-9-37/h2-7,12-13,18,24H,8-11,14H2,1H3,(H,36,39)/t18-,24?/m0/s1. The predicted octanol–water partition coefficient (Wildman–Crippen LogP) is 4.81. The Morgan fingerprint density at radius 1 is 1.10 bits per heavy atom. The maximum atomic E-state index is 15.3. The van der Waals surface area contributed by atoms with E-state index in [0.29, 0.717) is 9.92 Å². The van der Waals surface area contributed by atoms with Gasteiger partial charge in [0, 0.05) is 60.0 Å². The van der Waals surface area contributed by atoms with Crippen molar-refractivity contribution in [3.05, 3.63) is 82.0 Å². The SMILES string of the molecule is COc1cc(F)c([C@@H]2CN(c3nccc(N4CCOCC4)c3C(F)(F)F)C(=O)C2NC(=O)c2ccc(Cl)cc2)c(F)c1. The lowest BCUT2D eigenvalue weighted by Crippen LogP contribution is -2.44. The van der Waals surface area contributed by atoms with Gasteiger partial charge in [-0.1, -0.05) is 11.6 Å². The van der Waals surface area contributed by atoms with Crippen molar-refractivity contribution < 1.29 is 41.0 Å². The van der Waals surface area contributed by atoms with E-state index < -0.39 is 65.1 Å². The van der Waals surface area contributed by atoms with Crippen LogP contribution in [-0.4, -0.2) is 62.8 Å². The number of alkyl halides is 3. The Kier molecular flexibility index (Phi) is 8.24. The Morgan fingerprint density at radius 3 is 2.33 bits per heavy atom. The monoisotopic (exact) mass is 610 g/mol. The molecule has 2 saturated heterocycles. The molecule has 0 spiro atoms. The summed E-state index contributed by atoms with van der Waals surface area (Å²) in [6.07, 6.45) is -3.82. The normalized spacial score (nSPS) is 19.3. The zero-order valence-corrected chi connectivity index (χ0v) is 22.8. The number of hydrogen-bond donors (Lipinski definition) is 1. The number of carbonyl (C=O) groups excluding carboxylic acids is 2. The number of nitrogens with zero attached hydrogens (tertiary/aromatic N) is 3. The Labute approximate surface area is 242 Å². The number of methoxy groups -OCH3 is 1. The third kappa shape index (κ3) is 5.71. The molecular formula is C28H24ClF5N4O4. The van der Waals surface area contributed by atoms with Crippen molar-refractivity contribution in [2.24, 2.45) is 0 Å². The molecule has 0 radical (unpaired) electrons. The molecule has 2 aliphatic rings. The van der Waals surface area contributed by atoms with Crippen molar-refractivity contribution in [3.8, 4) is 5.75 Å². The first-order chi connectivity index (χ1) is 20.0. The van der Waals surface area contributed by atoms with Crippen molar-refractivity contribution in [3.63, 3.8) is 0 Å².